The predicted octanol–water partition coefficient (Wildman–Crippen LogP) is 3.46. The number of ether oxygens (including phenoxy) is 1. The molecule has 2 aliphatic heterocycles. The van der Waals surface area contributed by atoms with E-state index < -0.39 is 5.72 Å². The Morgan fingerprint density at radius 1 is 1.14 bits per heavy atom. The highest BCUT2D eigenvalue weighted by atomic mass is 16.5. The average molecular weight is 380 g/mol. The van der Waals surface area contributed by atoms with Crippen LogP contribution in [0.1, 0.15) is 42.8 Å². The second-order valence-electron chi connectivity index (χ2n) is 7.74. The number of hydrogen-bond acceptors (Lipinski definition) is 5. The minimum Gasteiger partial charge on any atom is -0.468 e. The minimum absolute atomic E-state index is 0.0834. The molecule has 146 valence electrons. The van der Waals surface area contributed by atoms with Gasteiger partial charge in [0.15, 0.2) is 17.3 Å². The maximum Gasteiger partial charge on any atom is 0.289 e. The first-order chi connectivity index (χ1) is 13.4. The van der Waals surface area contributed by atoms with E-state index in [-0.39, 0.29) is 17.6 Å². The molecule has 6 nitrogen and oxygen atoms in total. The number of para-hydroxylation sites is 1. The van der Waals surface area contributed by atoms with Crippen LogP contribution in [-0.2, 0) is 4.79 Å². The van der Waals surface area contributed by atoms with Gasteiger partial charge in [0.25, 0.3) is 5.91 Å². The molecule has 4 rings (SSSR count). The number of likely N-dealkylation sites (tertiary alicyclic amines) is 1. The summed E-state index contributed by atoms with van der Waals surface area (Å²) in [5.41, 5.74) is 1.09. The van der Waals surface area contributed by atoms with E-state index in [1.54, 1.807) is 23.1 Å². The molecular formula is C22H24N2O4. The van der Waals surface area contributed by atoms with Crippen LogP contribution in [0.25, 0.3) is 5.70 Å². The molecule has 1 aromatic carbocycles. The topological polar surface area (TPSA) is 71.8 Å². The average Bonchev–Trinajstić information content (AvgIpc) is 3.21. The van der Waals surface area contributed by atoms with Crippen molar-refractivity contribution in [2.75, 3.05) is 13.1 Å². The van der Waals surface area contributed by atoms with E-state index >= 15 is 0 Å². The number of amides is 1. The first kappa shape index (κ1) is 18.3. The highest BCUT2D eigenvalue weighted by Crippen LogP contribution is 2.33. The molecule has 0 spiro atoms. The van der Waals surface area contributed by atoms with Crippen molar-refractivity contribution in [1.82, 2.24) is 10.2 Å². The molecule has 1 amide bonds. The van der Waals surface area contributed by atoms with E-state index in [9.17, 15) is 9.59 Å². The van der Waals surface area contributed by atoms with Crippen LogP contribution in [0.5, 0.6) is 5.75 Å². The Kier molecular flexibility index (Phi) is 4.71. The van der Waals surface area contributed by atoms with E-state index in [1.165, 1.54) is 6.26 Å². The van der Waals surface area contributed by atoms with Crippen LogP contribution in [0.4, 0.5) is 0 Å². The summed E-state index contributed by atoms with van der Waals surface area (Å²) < 4.78 is 11.1. The Bertz CT molecular complexity index is 906. The van der Waals surface area contributed by atoms with Crippen LogP contribution in [0.2, 0.25) is 0 Å². The molecule has 1 N–H and O–H groups in total. The number of piperidine rings is 1. The van der Waals surface area contributed by atoms with E-state index in [0.717, 1.165) is 17.0 Å². The number of fused-ring (bicyclic) bond motifs is 1. The fraction of sp³-hybridized carbons (Fsp3) is 0.364. The van der Waals surface area contributed by atoms with E-state index in [2.05, 4.69) is 5.32 Å². The van der Waals surface area contributed by atoms with Crippen LogP contribution in [0, 0.1) is 5.92 Å². The summed E-state index contributed by atoms with van der Waals surface area (Å²) >= 11 is 0. The summed E-state index contributed by atoms with van der Waals surface area (Å²) in [5, 5.41) is 3.31. The number of allylic oxidation sites excluding steroid dienone is 1. The lowest BCUT2D eigenvalue weighted by Crippen LogP contribution is -2.47. The molecule has 1 aromatic heterocycles. The molecule has 0 saturated carbocycles. The molecule has 1 fully saturated rings. The third-order valence-corrected chi connectivity index (χ3v) is 5.18. The summed E-state index contributed by atoms with van der Waals surface area (Å²) in [6, 6.07) is 11.1. The van der Waals surface area contributed by atoms with Crippen molar-refractivity contribution in [3.05, 3.63) is 60.1 Å². The number of benzene rings is 1. The number of carbonyl (C=O) groups is 2. The number of hydrogen-bond donors (Lipinski definition) is 1. The lowest BCUT2D eigenvalue weighted by molar-refractivity contribution is -0.119. The molecule has 1 saturated heterocycles. The van der Waals surface area contributed by atoms with Gasteiger partial charge in [-0.1, -0.05) is 12.1 Å². The van der Waals surface area contributed by atoms with Crippen molar-refractivity contribution < 1.29 is 18.7 Å². The Labute approximate surface area is 164 Å². The molecule has 2 aliphatic rings. The quantitative estimate of drug-likeness (QED) is 0.826. The Hall–Kier alpha value is -3.02. The lowest BCUT2D eigenvalue weighted by Gasteiger charge is -2.36. The number of ketones is 1. The maximum absolute atomic E-state index is 12.9. The van der Waals surface area contributed by atoms with Gasteiger partial charge in [-0.15, -0.1) is 0 Å². The van der Waals surface area contributed by atoms with Crippen molar-refractivity contribution >= 4 is 17.4 Å². The van der Waals surface area contributed by atoms with Crippen molar-refractivity contribution in [3.63, 3.8) is 0 Å². The van der Waals surface area contributed by atoms with Crippen LogP contribution in [0.3, 0.4) is 0 Å². The second kappa shape index (κ2) is 7.19. The fourth-order valence-electron chi connectivity index (χ4n) is 3.77. The minimum atomic E-state index is -0.584. The molecular weight excluding hydrogens is 356 g/mol. The standard InChI is InChI=1S/C22H24N2O4/c1-22(2)23-17(16-6-3-4-7-19(16)28-22)14-18(25)15-9-11-24(12-10-15)21(26)20-8-5-13-27-20/h3-8,13-15,23H,9-12H2,1-2H3/b17-14+. The van der Waals surface area contributed by atoms with Gasteiger partial charge in [-0.25, -0.2) is 0 Å². The Morgan fingerprint density at radius 2 is 1.89 bits per heavy atom. The molecule has 0 radical (unpaired) electrons. The maximum atomic E-state index is 12.9. The lowest BCUT2D eigenvalue weighted by atomic mass is 9.91. The largest absolute Gasteiger partial charge is 0.468 e. The van der Waals surface area contributed by atoms with Gasteiger partial charge in [-0.3, -0.25) is 9.59 Å². The van der Waals surface area contributed by atoms with Crippen molar-refractivity contribution in [2.24, 2.45) is 5.92 Å². The van der Waals surface area contributed by atoms with Gasteiger partial charge >= 0.3 is 0 Å². The highest BCUT2D eigenvalue weighted by Gasteiger charge is 2.31. The summed E-state index contributed by atoms with van der Waals surface area (Å²) in [7, 11) is 0. The zero-order valence-electron chi connectivity index (χ0n) is 16.1. The molecule has 0 aliphatic carbocycles. The predicted molar refractivity (Wildman–Crippen MR) is 105 cm³/mol. The smallest absolute Gasteiger partial charge is 0.289 e. The Morgan fingerprint density at radius 3 is 2.61 bits per heavy atom. The van der Waals surface area contributed by atoms with E-state index in [4.69, 9.17) is 9.15 Å². The molecule has 6 heteroatoms. The number of nitrogens with zero attached hydrogens (tertiary/aromatic N) is 1. The van der Waals surface area contributed by atoms with Crippen molar-refractivity contribution in [3.8, 4) is 5.75 Å². The van der Waals surface area contributed by atoms with Gasteiger partial charge in [0.2, 0.25) is 0 Å². The molecule has 3 heterocycles. The van der Waals surface area contributed by atoms with Gasteiger partial charge in [-0.2, -0.15) is 0 Å². The molecule has 0 unspecified atom stereocenters. The molecule has 28 heavy (non-hydrogen) atoms. The normalized spacial score (nSPS) is 20.2. The number of rotatable bonds is 3. The number of nitrogens with one attached hydrogen (secondary N) is 1. The highest BCUT2D eigenvalue weighted by molar-refractivity contribution is 5.99. The summed E-state index contributed by atoms with van der Waals surface area (Å²) in [5.74, 6) is 0.991. The van der Waals surface area contributed by atoms with Crippen molar-refractivity contribution in [1.29, 1.82) is 0 Å². The summed E-state index contributed by atoms with van der Waals surface area (Å²) in [6.07, 6.45) is 4.49. The zero-order valence-corrected chi connectivity index (χ0v) is 16.1. The van der Waals surface area contributed by atoms with Gasteiger partial charge in [0.05, 0.1) is 12.0 Å². The van der Waals surface area contributed by atoms with Crippen molar-refractivity contribution in [2.45, 2.75) is 32.4 Å². The van der Waals surface area contributed by atoms with Gasteiger partial charge in [0, 0.05) is 30.6 Å². The zero-order chi connectivity index (χ0) is 19.7. The first-order valence-corrected chi connectivity index (χ1v) is 9.58. The first-order valence-electron chi connectivity index (χ1n) is 9.58. The SMILES string of the molecule is CC1(C)N/C(=C/C(=O)C2CCN(C(=O)c3ccco3)CC2)c2ccccc2O1. The van der Waals surface area contributed by atoms with E-state index in [0.29, 0.717) is 31.7 Å². The van der Waals surface area contributed by atoms with Gasteiger partial charge < -0.3 is 19.4 Å². The number of carbonyl (C=O) groups excluding carboxylic acids is 2. The van der Waals surface area contributed by atoms with Gasteiger partial charge in [0.1, 0.15) is 5.75 Å². The Balaban J connectivity index is 1.45. The van der Waals surface area contributed by atoms with Crippen LogP contribution < -0.4 is 10.1 Å². The van der Waals surface area contributed by atoms with Gasteiger partial charge in [-0.05, 0) is 51.0 Å². The third kappa shape index (κ3) is 3.67. The molecule has 0 atom stereocenters. The molecule has 2 aromatic rings. The number of furan rings is 1. The van der Waals surface area contributed by atoms with Crippen LogP contribution in [0.15, 0.2) is 53.2 Å². The molecule has 0 bridgehead atoms. The van der Waals surface area contributed by atoms with Crippen LogP contribution in [-0.4, -0.2) is 35.4 Å². The second-order valence-corrected chi connectivity index (χ2v) is 7.74. The van der Waals surface area contributed by atoms with Crippen LogP contribution >= 0.6 is 0 Å². The van der Waals surface area contributed by atoms with E-state index in [1.807, 2.05) is 38.1 Å². The summed E-state index contributed by atoms with van der Waals surface area (Å²) in [6.45, 7) is 4.97. The third-order valence-electron chi connectivity index (χ3n) is 5.18. The summed E-state index contributed by atoms with van der Waals surface area (Å²) in [4.78, 5) is 27.0. The monoisotopic (exact) mass is 380 g/mol. The fourth-order valence-corrected chi connectivity index (χ4v) is 3.77.